The predicted octanol–water partition coefficient (Wildman–Crippen LogP) is 4.29. The number of carbonyl (C=O) groups excluding carboxylic acids is 1. The third-order valence-corrected chi connectivity index (χ3v) is 6.06. The third-order valence-electron chi connectivity index (χ3n) is 4.88. The summed E-state index contributed by atoms with van der Waals surface area (Å²) in [6.45, 7) is 7.21. The standard InChI is InChI=1S/C22H23N5OS/c1-4-26(5-2)21(28)19(16-11-7-6-8-12-16)29-22-24-18-14-10-9-13-17(18)20-23-15(3)25-27(20)22/h6-14,19H,4-5H2,1-3H3. The first-order chi connectivity index (χ1) is 14.1. The summed E-state index contributed by atoms with van der Waals surface area (Å²) in [7, 11) is 0. The van der Waals surface area contributed by atoms with Gasteiger partial charge in [0.05, 0.1) is 5.52 Å². The van der Waals surface area contributed by atoms with E-state index in [1.54, 1.807) is 4.52 Å². The maximum absolute atomic E-state index is 13.3. The van der Waals surface area contributed by atoms with Crippen molar-refractivity contribution in [3.05, 3.63) is 66.0 Å². The molecule has 0 saturated heterocycles. The molecule has 4 rings (SSSR count). The number of benzene rings is 2. The van der Waals surface area contributed by atoms with E-state index >= 15 is 0 Å². The maximum Gasteiger partial charge on any atom is 0.240 e. The van der Waals surface area contributed by atoms with Gasteiger partial charge in [-0.1, -0.05) is 54.2 Å². The molecule has 0 radical (unpaired) electrons. The van der Waals surface area contributed by atoms with Crippen LogP contribution in [-0.4, -0.2) is 43.5 Å². The zero-order chi connectivity index (χ0) is 20.4. The van der Waals surface area contributed by atoms with Gasteiger partial charge in [0.1, 0.15) is 11.1 Å². The molecule has 0 fully saturated rings. The van der Waals surface area contributed by atoms with Gasteiger partial charge in [-0.2, -0.15) is 4.52 Å². The van der Waals surface area contributed by atoms with Gasteiger partial charge in [-0.25, -0.2) is 9.97 Å². The molecule has 0 aliphatic heterocycles. The minimum atomic E-state index is -0.405. The number of para-hydroxylation sites is 1. The lowest BCUT2D eigenvalue weighted by atomic mass is 10.1. The molecule has 2 aromatic heterocycles. The lowest BCUT2D eigenvalue weighted by Gasteiger charge is -2.25. The van der Waals surface area contributed by atoms with E-state index in [0.717, 1.165) is 22.1 Å². The fourth-order valence-electron chi connectivity index (χ4n) is 3.41. The average Bonchev–Trinajstić information content (AvgIpc) is 3.15. The zero-order valence-corrected chi connectivity index (χ0v) is 17.6. The van der Waals surface area contributed by atoms with Gasteiger partial charge in [0.2, 0.25) is 5.91 Å². The van der Waals surface area contributed by atoms with Crippen LogP contribution in [0.5, 0.6) is 0 Å². The Kier molecular flexibility index (Phi) is 5.49. The molecule has 7 heteroatoms. The van der Waals surface area contributed by atoms with E-state index in [9.17, 15) is 4.79 Å². The van der Waals surface area contributed by atoms with Crippen molar-refractivity contribution < 1.29 is 4.79 Å². The number of nitrogens with zero attached hydrogens (tertiary/aromatic N) is 5. The first kappa shape index (κ1) is 19.4. The molecular formula is C22H23N5OS. The Balaban J connectivity index is 1.85. The van der Waals surface area contributed by atoms with Crippen molar-refractivity contribution in [1.29, 1.82) is 0 Å². The fourth-order valence-corrected chi connectivity index (χ4v) is 4.54. The number of rotatable bonds is 6. The summed E-state index contributed by atoms with van der Waals surface area (Å²) >= 11 is 1.42. The Bertz CT molecular complexity index is 1150. The van der Waals surface area contributed by atoms with Crippen molar-refractivity contribution in [2.45, 2.75) is 31.2 Å². The van der Waals surface area contributed by atoms with Gasteiger partial charge < -0.3 is 4.90 Å². The summed E-state index contributed by atoms with van der Waals surface area (Å²) in [5.41, 5.74) is 2.56. The van der Waals surface area contributed by atoms with Crippen LogP contribution >= 0.6 is 11.8 Å². The Hall–Kier alpha value is -2.93. The van der Waals surface area contributed by atoms with Crippen LogP contribution in [0.4, 0.5) is 0 Å². The van der Waals surface area contributed by atoms with Crippen molar-refractivity contribution in [1.82, 2.24) is 24.5 Å². The largest absolute Gasteiger partial charge is 0.342 e. The predicted molar refractivity (Wildman–Crippen MR) is 116 cm³/mol. The maximum atomic E-state index is 13.3. The molecule has 0 N–H and O–H groups in total. The van der Waals surface area contributed by atoms with Gasteiger partial charge in [0.15, 0.2) is 10.8 Å². The Labute approximate surface area is 174 Å². The second-order valence-corrected chi connectivity index (χ2v) is 7.80. The fraction of sp³-hybridized carbons (Fsp3) is 0.273. The monoisotopic (exact) mass is 405 g/mol. The van der Waals surface area contributed by atoms with E-state index < -0.39 is 5.25 Å². The highest BCUT2D eigenvalue weighted by atomic mass is 32.2. The summed E-state index contributed by atoms with van der Waals surface area (Å²) in [6.07, 6.45) is 0. The third kappa shape index (κ3) is 3.70. The van der Waals surface area contributed by atoms with Crippen LogP contribution < -0.4 is 0 Å². The molecule has 0 bridgehead atoms. The molecular weight excluding hydrogens is 382 g/mol. The highest BCUT2D eigenvalue weighted by Crippen LogP contribution is 2.37. The van der Waals surface area contributed by atoms with Gasteiger partial charge in [0, 0.05) is 18.5 Å². The molecule has 1 unspecified atom stereocenters. The molecule has 4 aromatic rings. The molecule has 2 aromatic carbocycles. The van der Waals surface area contributed by atoms with Crippen LogP contribution in [0.15, 0.2) is 59.8 Å². The molecule has 2 heterocycles. The Morgan fingerprint density at radius 2 is 1.72 bits per heavy atom. The second kappa shape index (κ2) is 8.21. The van der Waals surface area contributed by atoms with E-state index in [-0.39, 0.29) is 5.91 Å². The SMILES string of the molecule is CCN(CC)C(=O)C(Sc1nc2ccccc2c2nc(C)nn12)c1ccccc1. The quantitative estimate of drug-likeness (QED) is 0.354. The van der Waals surface area contributed by atoms with Gasteiger partial charge in [-0.15, -0.1) is 5.10 Å². The first-order valence-electron chi connectivity index (χ1n) is 9.74. The minimum Gasteiger partial charge on any atom is -0.342 e. The number of fused-ring (bicyclic) bond motifs is 3. The Morgan fingerprint density at radius 1 is 1.03 bits per heavy atom. The van der Waals surface area contributed by atoms with Crippen LogP contribution in [0.1, 0.15) is 30.5 Å². The topological polar surface area (TPSA) is 63.4 Å². The van der Waals surface area contributed by atoms with Crippen molar-refractivity contribution in [3.8, 4) is 0 Å². The van der Waals surface area contributed by atoms with Crippen molar-refractivity contribution in [2.24, 2.45) is 0 Å². The number of aromatic nitrogens is 4. The summed E-state index contributed by atoms with van der Waals surface area (Å²) in [5.74, 6) is 0.752. The first-order valence-corrected chi connectivity index (χ1v) is 10.6. The zero-order valence-electron chi connectivity index (χ0n) is 16.7. The molecule has 1 atom stereocenters. The molecule has 0 aliphatic carbocycles. The van der Waals surface area contributed by atoms with Crippen LogP contribution in [0.25, 0.3) is 16.6 Å². The molecule has 29 heavy (non-hydrogen) atoms. The normalized spacial score (nSPS) is 12.4. The smallest absolute Gasteiger partial charge is 0.240 e. The number of hydrogen-bond acceptors (Lipinski definition) is 5. The number of carbonyl (C=O) groups is 1. The van der Waals surface area contributed by atoms with E-state index in [4.69, 9.17) is 4.98 Å². The second-order valence-electron chi connectivity index (χ2n) is 6.73. The summed E-state index contributed by atoms with van der Waals surface area (Å²) in [5, 5.41) is 5.76. The number of thioether (sulfide) groups is 1. The number of amides is 1. The van der Waals surface area contributed by atoms with Crippen LogP contribution in [0.3, 0.4) is 0 Å². The molecule has 1 amide bonds. The summed E-state index contributed by atoms with van der Waals surface area (Å²) < 4.78 is 1.76. The number of hydrogen-bond donors (Lipinski definition) is 0. The van der Waals surface area contributed by atoms with Gasteiger partial charge in [0.25, 0.3) is 0 Å². The van der Waals surface area contributed by atoms with Gasteiger partial charge >= 0.3 is 0 Å². The number of likely N-dealkylation sites (N-methyl/N-ethyl adjacent to an activating group) is 1. The highest BCUT2D eigenvalue weighted by Gasteiger charge is 2.28. The molecule has 148 valence electrons. The van der Waals surface area contributed by atoms with Crippen molar-refractivity contribution >= 4 is 34.2 Å². The molecule has 6 nitrogen and oxygen atoms in total. The van der Waals surface area contributed by atoms with E-state index in [1.165, 1.54) is 11.8 Å². The number of aryl methyl sites for hydroxylation is 1. The van der Waals surface area contributed by atoms with Crippen molar-refractivity contribution in [3.63, 3.8) is 0 Å². The molecule has 0 aliphatic rings. The highest BCUT2D eigenvalue weighted by molar-refractivity contribution is 8.00. The summed E-state index contributed by atoms with van der Waals surface area (Å²) in [4.78, 5) is 24.6. The van der Waals surface area contributed by atoms with E-state index in [2.05, 4.69) is 10.1 Å². The average molecular weight is 406 g/mol. The van der Waals surface area contributed by atoms with Crippen LogP contribution in [-0.2, 0) is 4.79 Å². The van der Waals surface area contributed by atoms with Crippen molar-refractivity contribution in [2.75, 3.05) is 13.1 Å². The van der Waals surface area contributed by atoms with Gasteiger partial charge in [-0.3, -0.25) is 4.79 Å². The van der Waals surface area contributed by atoms with Crippen LogP contribution in [0.2, 0.25) is 0 Å². The van der Waals surface area contributed by atoms with Gasteiger partial charge in [-0.05, 0) is 38.5 Å². The van der Waals surface area contributed by atoms with Crippen LogP contribution in [0, 0.1) is 6.92 Å². The molecule has 0 spiro atoms. The molecule has 0 saturated carbocycles. The van der Waals surface area contributed by atoms with E-state index in [0.29, 0.717) is 24.1 Å². The summed E-state index contributed by atoms with van der Waals surface area (Å²) in [6, 6.07) is 17.7. The minimum absolute atomic E-state index is 0.0751. The lowest BCUT2D eigenvalue weighted by Crippen LogP contribution is -2.34. The lowest BCUT2D eigenvalue weighted by molar-refractivity contribution is -0.130. The Morgan fingerprint density at radius 3 is 2.45 bits per heavy atom. The van der Waals surface area contributed by atoms with E-state index in [1.807, 2.05) is 80.3 Å².